The van der Waals surface area contributed by atoms with Crippen molar-refractivity contribution >= 4 is 35.2 Å². The lowest BCUT2D eigenvalue weighted by Gasteiger charge is -2.24. The van der Waals surface area contributed by atoms with Crippen LogP contribution in [0.25, 0.3) is 6.08 Å². The molecule has 2 aromatic carbocycles. The van der Waals surface area contributed by atoms with Crippen LogP contribution in [0, 0.1) is 0 Å². The van der Waals surface area contributed by atoms with Crippen LogP contribution in [-0.2, 0) is 9.59 Å². The summed E-state index contributed by atoms with van der Waals surface area (Å²) in [5.41, 5.74) is 2.86. The van der Waals surface area contributed by atoms with E-state index in [2.05, 4.69) is 0 Å². The van der Waals surface area contributed by atoms with Crippen LogP contribution >= 0.6 is 11.6 Å². The molecule has 1 atom stereocenters. The van der Waals surface area contributed by atoms with Gasteiger partial charge in [0.05, 0.1) is 6.04 Å². The molecule has 1 aliphatic rings. The highest BCUT2D eigenvalue weighted by Gasteiger charge is 2.21. The predicted octanol–water partition coefficient (Wildman–Crippen LogP) is 4.70. The molecule has 27 heavy (non-hydrogen) atoms. The maximum atomic E-state index is 12.5. The molecule has 0 saturated carbocycles. The number of carbonyl (C=O) groups excluding carboxylic acids is 2. The number of hydrogen-bond donors (Lipinski definition) is 0. The highest BCUT2D eigenvalue weighted by atomic mass is 35.5. The summed E-state index contributed by atoms with van der Waals surface area (Å²) in [4.78, 5) is 27.8. The number of likely N-dealkylation sites (N-methyl/N-ethyl adjacent to an activating group) is 1. The van der Waals surface area contributed by atoms with Gasteiger partial charge in [0.25, 0.3) is 0 Å². The van der Waals surface area contributed by atoms with Crippen molar-refractivity contribution in [3.8, 4) is 0 Å². The lowest BCUT2D eigenvalue weighted by Crippen LogP contribution is -2.27. The van der Waals surface area contributed by atoms with Crippen molar-refractivity contribution in [2.45, 2.75) is 25.8 Å². The number of carbonyl (C=O) groups is 2. The lowest BCUT2D eigenvalue weighted by molar-refractivity contribution is -0.126. The zero-order valence-electron chi connectivity index (χ0n) is 15.6. The minimum Gasteiger partial charge on any atom is -0.335 e. The molecule has 4 nitrogen and oxygen atoms in total. The lowest BCUT2D eigenvalue weighted by atomic mass is 10.1. The molecule has 1 fully saturated rings. The van der Waals surface area contributed by atoms with Crippen LogP contribution in [0.4, 0.5) is 5.69 Å². The Bertz CT molecular complexity index is 844. The van der Waals surface area contributed by atoms with E-state index in [4.69, 9.17) is 11.6 Å². The molecule has 1 saturated heterocycles. The van der Waals surface area contributed by atoms with Gasteiger partial charge >= 0.3 is 0 Å². The number of nitrogens with zero attached hydrogens (tertiary/aromatic N) is 2. The Morgan fingerprint density at radius 2 is 1.81 bits per heavy atom. The van der Waals surface area contributed by atoms with Crippen molar-refractivity contribution in [3.05, 3.63) is 70.8 Å². The Hall–Kier alpha value is -2.59. The van der Waals surface area contributed by atoms with Crippen LogP contribution in [-0.4, -0.2) is 30.3 Å². The van der Waals surface area contributed by atoms with Gasteiger partial charge in [0.2, 0.25) is 11.8 Å². The van der Waals surface area contributed by atoms with Gasteiger partial charge in [-0.05, 0) is 54.8 Å². The van der Waals surface area contributed by atoms with E-state index in [0.29, 0.717) is 11.4 Å². The third kappa shape index (κ3) is 4.58. The molecule has 0 spiro atoms. The van der Waals surface area contributed by atoms with Crippen molar-refractivity contribution in [2.24, 2.45) is 0 Å². The molecule has 0 radical (unpaired) electrons. The number of hydrogen-bond acceptors (Lipinski definition) is 2. The first-order valence-corrected chi connectivity index (χ1v) is 9.44. The van der Waals surface area contributed by atoms with E-state index in [-0.39, 0.29) is 17.9 Å². The quantitative estimate of drug-likeness (QED) is 0.703. The fourth-order valence-electron chi connectivity index (χ4n) is 3.13. The van der Waals surface area contributed by atoms with Gasteiger partial charge in [-0.25, -0.2) is 0 Å². The van der Waals surface area contributed by atoms with E-state index >= 15 is 0 Å². The summed E-state index contributed by atoms with van der Waals surface area (Å²) in [7, 11) is 1.79. The fraction of sp³-hybridized carbons (Fsp3) is 0.273. The topological polar surface area (TPSA) is 40.6 Å². The molecule has 1 unspecified atom stereocenters. The zero-order chi connectivity index (χ0) is 19.4. The molecule has 2 aromatic rings. The largest absolute Gasteiger partial charge is 0.335 e. The Morgan fingerprint density at radius 3 is 2.41 bits per heavy atom. The van der Waals surface area contributed by atoms with Crippen molar-refractivity contribution < 1.29 is 9.59 Å². The van der Waals surface area contributed by atoms with Crippen LogP contribution in [0.5, 0.6) is 0 Å². The summed E-state index contributed by atoms with van der Waals surface area (Å²) < 4.78 is 0. The van der Waals surface area contributed by atoms with E-state index in [1.807, 2.05) is 55.5 Å². The maximum absolute atomic E-state index is 12.5. The molecule has 1 aliphatic heterocycles. The second-order valence-corrected chi connectivity index (χ2v) is 7.19. The number of amides is 2. The molecule has 0 N–H and O–H groups in total. The standard InChI is InChI=1S/C22H23ClN2O2/c1-16(18-8-10-19(23)11-9-18)24(2)21(26)14-7-17-5-12-20(13-6-17)25-15-3-4-22(25)27/h5-14,16H,3-4,15H2,1-2H3/b14-7+. The van der Waals surface area contributed by atoms with Crippen molar-refractivity contribution in [1.29, 1.82) is 0 Å². The fourth-order valence-corrected chi connectivity index (χ4v) is 3.25. The van der Waals surface area contributed by atoms with Gasteiger partial charge in [-0.3, -0.25) is 9.59 Å². The Morgan fingerprint density at radius 1 is 1.15 bits per heavy atom. The summed E-state index contributed by atoms with van der Waals surface area (Å²) in [6.07, 6.45) is 4.90. The van der Waals surface area contributed by atoms with Crippen LogP contribution < -0.4 is 4.90 Å². The highest BCUT2D eigenvalue weighted by Crippen LogP contribution is 2.23. The monoisotopic (exact) mass is 382 g/mol. The minimum absolute atomic E-state index is 0.0528. The number of halogens is 1. The van der Waals surface area contributed by atoms with Gasteiger partial charge in [0, 0.05) is 36.8 Å². The summed E-state index contributed by atoms with van der Waals surface area (Å²) in [5.74, 6) is 0.0996. The first kappa shape index (κ1) is 19.2. The molecule has 3 rings (SSSR count). The normalized spacial score (nSPS) is 15.4. The first-order chi connectivity index (χ1) is 13.0. The van der Waals surface area contributed by atoms with Crippen LogP contribution in [0.3, 0.4) is 0 Å². The molecular weight excluding hydrogens is 360 g/mol. The number of anilines is 1. The average Bonchev–Trinajstić information content (AvgIpc) is 3.12. The molecule has 5 heteroatoms. The number of rotatable bonds is 5. The third-order valence-electron chi connectivity index (χ3n) is 4.98. The smallest absolute Gasteiger partial charge is 0.246 e. The second-order valence-electron chi connectivity index (χ2n) is 6.75. The van der Waals surface area contributed by atoms with Crippen molar-refractivity contribution in [3.63, 3.8) is 0 Å². The van der Waals surface area contributed by atoms with Crippen molar-refractivity contribution in [1.82, 2.24) is 4.90 Å². The first-order valence-electron chi connectivity index (χ1n) is 9.06. The predicted molar refractivity (Wildman–Crippen MR) is 110 cm³/mol. The van der Waals surface area contributed by atoms with Crippen LogP contribution in [0.2, 0.25) is 5.02 Å². The van der Waals surface area contributed by atoms with E-state index in [0.717, 1.165) is 29.8 Å². The Labute approximate surface area is 165 Å². The Balaban J connectivity index is 1.63. The molecule has 2 amide bonds. The third-order valence-corrected chi connectivity index (χ3v) is 5.23. The van der Waals surface area contributed by atoms with Crippen molar-refractivity contribution in [2.75, 3.05) is 18.5 Å². The Kier molecular flexibility index (Phi) is 5.97. The van der Waals surface area contributed by atoms with Gasteiger partial charge in [-0.15, -0.1) is 0 Å². The van der Waals surface area contributed by atoms with Crippen LogP contribution in [0.1, 0.15) is 36.9 Å². The molecule has 140 valence electrons. The van der Waals surface area contributed by atoms with Gasteiger partial charge in [0.15, 0.2) is 0 Å². The summed E-state index contributed by atoms with van der Waals surface area (Å²) in [6, 6.07) is 15.2. The van der Waals surface area contributed by atoms with Gasteiger partial charge < -0.3 is 9.80 Å². The van der Waals surface area contributed by atoms with E-state index in [1.165, 1.54) is 0 Å². The summed E-state index contributed by atoms with van der Waals surface area (Å²) in [5, 5.41) is 0.680. The average molecular weight is 383 g/mol. The number of benzene rings is 2. The van der Waals surface area contributed by atoms with E-state index in [9.17, 15) is 9.59 Å². The summed E-state index contributed by atoms with van der Waals surface area (Å²) >= 11 is 5.92. The highest BCUT2D eigenvalue weighted by molar-refractivity contribution is 6.30. The van der Waals surface area contributed by atoms with Gasteiger partial charge in [-0.2, -0.15) is 0 Å². The van der Waals surface area contributed by atoms with Gasteiger partial charge in [-0.1, -0.05) is 35.9 Å². The summed E-state index contributed by atoms with van der Waals surface area (Å²) in [6.45, 7) is 2.76. The van der Waals surface area contributed by atoms with Crippen LogP contribution in [0.15, 0.2) is 54.6 Å². The van der Waals surface area contributed by atoms with E-state index < -0.39 is 0 Å². The molecule has 1 heterocycles. The van der Waals surface area contributed by atoms with E-state index in [1.54, 1.807) is 29.0 Å². The molecule has 0 aromatic heterocycles. The molecule has 0 bridgehead atoms. The molecular formula is C22H23ClN2O2. The SMILES string of the molecule is CC(c1ccc(Cl)cc1)N(C)C(=O)/C=C/c1ccc(N2CCCC2=O)cc1. The maximum Gasteiger partial charge on any atom is 0.246 e. The van der Waals surface area contributed by atoms with Gasteiger partial charge in [0.1, 0.15) is 0 Å². The zero-order valence-corrected chi connectivity index (χ0v) is 16.3. The molecule has 0 aliphatic carbocycles. The second kappa shape index (κ2) is 8.40. The minimum atomic E-state index is -0.0729.